The van der Waals surface area contributed by atoms with Crippen LogP contribution in [0.4, 0.5) is 0 Å². The Kier molecular flexibility index (Phi) is 7.14. The number of nitrogens with two attached hydrogens (primary N) is 1. The van der Waals surface area contributed by atoms with E-state index in [-0.39, 0.29) is 29.8 Å². The maximum Gasteiger partial charge on any atom is 0.284 e. The summed E-state index contributed by atoms with van der Waals surface area (Å²) in [5.41, 5.74) is 6.03. The normalized spacial score (nSPS) is 16.7. The Morgan fingerprint density at radius 2 is 1.65 bits per heavy atom. The van der Waals surface area contributed by atoms with Gasteiger partial charge in [-0.1, -0.05) is 30.3 Å². The molecule has 1 atom stereocenters. The summed E-state index contributed by atoms with van der Waals surface area (Å²) in [6.45, 7) is 6.26. The van der Waals surface area contributed by atoms with Gasteiger partial charge in [0.2, 0.25) is 11.0 Å². The Balaban J connectivity index is 1.79. The lowest BCUT2D eigenvalue weighted by Gasteiger charge is -2.39. The molecule has 0 saturated carbocycles. The van der Waals surface area contributed by atoms with E-state index in [1.165, 1.54) is 16.4 Å². The average molecular weight is 449 g/mol. The summed E-state index contributed by atoms with van der Waals surface area (Å²) in [5, 5.41) is -0.312. The van der Waals surface area contributed by atoms with E-state index in [2.05, 4.69) is 0 Å². The molecule has 1 aliphatic heterocycles. The average Bonchev–Trinajstić information content (AvgIpc) is 3.28. The molecule has 168 valence electrons. The minimum absolute atomic E-state index is 0.00430. The van der Waals surface area contributed by atoms with E-state index < -0.39 is 22.0 Å². The molecule has 1 aromatic carbocycles. The van der Waals surface area contributed by atoms with Gasteiger partial charge >= 0.3 is 0 Å². The SMILES string of the molecule is CCN(CC)C(=O)C(c1ccccc1)N1CCN(S(=O)(=O)c2ccc(C(N)=O)o2)CC1. The zero-order valence-corrected chi connectivity index (χ0v) is 18.5. The van der Waals surface area contributed by atoms with Gasteiger partial charge in [0.05, 0.1) is 0 Å². The van der Waals surface area contributed by atoms with Gasteiger partial charge in [0.25, 0.3) is 15.9 Å². The summed E-state index contributed by atoms with van der Waals surface area (Å²) in [5.74, 6) is -1.03. The van der Waals surface area contributed by atoms with E-state index in [1.54, 1.807) is 4.90 Å². The number of hydrogen-bond donors (Lipinski definition) is 1. The van der Waals surface area contributed by atoms with Gasteiger partial charge in [0.15, 0.2) is 5.76 Å². The summed E-state index contributed by atoms with van der Waals surface area (Å²) >= 11 is 0. The summed E-state index contributed by atoms with van der Waals surface area (Å²) in [7, 11) is -3.90. The Bertz CT molecular complexity index is 1010. The molecule has 10 heteroatoms. The summed E-state index contributed by atoms with van der Waals surface area (Å²) < 4.78 is 32.2. The van der Waals surface area contributed by atoms with Crippen molar-refractivity contribution in [3.63, 3.8) is 0 Å². The van der Waals surface area contributed by atoms with E-state index in [0.717, 1.165) is 5.56 Å². The van der Waals surface area contributed by atoms with Crippen LogP contribution < -0.4 is 5.73 Å². The van der Waals surface area contributed by atoms with Gasteiger partial charge in [0, 0.05) is 39.3 Å². The lowest BCUT2D eigenvalue weighted by molar-refractivity contribution is -0.137. The first-order valence-electron chi connectivity index (χ1n) is 10.3. The zero-order valence-electron chi connectivity index (χ0n) is 17.7. The number of benzene rings is 1. The van der Waals surface area contributed by atoms with E-state index >= 15 is 0 Å². The number of piperazine rings is 1. The number of carbonyl (C=O) groups is 2. The molecule has 9 nitrogen and oxygen atoms in total. The minimum atomic E-state index is -3.90. The fourth-order valence-corrected chi connectivity index (χ4v) is 5.11. The molecule has 1 fully saturated rings. The van der Waals surface area contributed by atoms with Gasteiger partial charge in [-0.2, -0.15) is 4.31 Å². The van der Waals surface area contributed by atoms with Crippen LogP contribution in [0.5, 0.6) is 0 Å². The second kappa shape index (κ2) is 9.63. The minimum Gasteiger partial charge on any atom is -0.438 e. The maximum absolute atomic E-state index is 13.3. The number of amides is 2. The molecule has 2 N–H and O–H groups in total. The van der Waals surface area contributed by atoms with Gasteiger partial charge in [-0.3, -0.25) is 14.5 Å². The van der Waals surface area contributed by atoms with Crippen molar-refractivity contribution in [1.82, 2.24) is 14.1 Å². The first-order valence-corrected chi connectivity index (χ1v) is 11.7. The van der Waals surface area contributed by atoms with Crippen LogP contribution in [0.3, 0.4) is 0 Å². The van der Waals surface area contributed by atoms with Crippen molar-refractivity contribution in [2.45, 2.75) is 25.0 Å². The Hall–Kier alpha value is -2.69. The summed E-state index contributed by atoms with van der Waals surface area (Å²) in [6.07, 6.45) is 0. The van der Waals surface area contributed by atoms with Crippen LogP contribution in [0.15, 0.2) is 52.0 Å². The van der Waals surface area contributed by atoms with Gasteiger partial charge in [-0.15, -0.1) is 0 Å². The van der Waals surface area contributed by atoms with Crippen molar-refractivity contribution in [3.8, 4) is 0 Å². The van der Waals surface area contributed by atoms with Crippen LogP contribution >= 0.6 is 0 Å². The van der Waals surface area contributed by atoms with Crippen LogP contribution in [0.1, 0.15) is 36.0 Å². The molecule has 0 radical (unpaired) electrons. The van der Waals surface area contributed by atoms with Crippen molar-refractivity contribution in [2.24, 2.45) is 5.73 Å². The van der Waals surface area contributed by atoms with E-state index in [9.17, 15) is 18.0 Å². The number of hydrogen-bond acceptors (Lipinski definition) is 6. The first-order chi connectivity index (χ1) is 14.8. The predicted octanol–water partition coefficient (Wildman–Crippen LogP) is 1.29. The predicted molar refractivity (Wildman–Crippen MR) is 115 cm³/mol. The molecule has 31 heavy (non-hydrogen) atoms. The van der Waals surface area contributed by atoms with Crippen LogP contribution in [0.25, 0.3) is 0 Å². The molecular formula is C21H28N4O5S. The Morgan fingerprint density at radius 3 is 2.16 bits per heavy atom. The van der Waals surface area contributed by atoms with Gasteiger partial charge in [0.1, 0.15) is 6.04 Å². The van der Waals surface area contributed by atoms with Crippen molar-refractivity contribution in [2.75, 3.05) is 39.3 Å². The molecule has 0 aliphatic carbocycles. The number of likely N-dealkylation sites (N-methyl/N-ethyl adjacent to an activating group) is 1. The number of sulfonamides is 1. The fourth-order valence-electron chi connectivity index (χ4n) is 3.77. The van der Waals surface area contributed by atoms with E-state index in [1.807, 2.05) is 49.1 Å². The molecule has 2 heterocycles. The molecule has 0 bridgehead atoms. The van der Waals surface area contributed by atoms with Crippen molar-refractivity contribution < 1.29 is 22.4 Å². The smallest absolute Gasteiger partial charge is 0.284 e. The second-order valence-electron chi connectivity index (χ2n) is 7.25. The summed E-state index contributed by atoms with van der Waals surface area (Å²) in [4.78, 5) is 28.3. The largest absolute Gasteiger partial charge is 0.438 e. The Morgan fingerprint density at radius 1 is 1.03 bits per heavy atom. The topological polar surface area (TPSA) is 117 Å². The molecule has 0 spiro atoms. The number of carbonyl (C=O) groups excluding carboxylic acids is 2. The number of furan rings is 1. The molecule has 1 unspecified atom stereocenters. The van der Waals surface area contributed by atoms with Crippen LogP contribution in [0, 0.1) is 0 Å². The standard InChI is InChI=1S/C21H28N4O5S/c1-3-23(4-2)21(27)19(16-8-6-5-7-9-16)24-12-14-25(15-13-24)31(28,29)18-11-10-17(30-18)20(22)26/h5-11,19H,3-4,12-15H2,1-2H3,(H2,22,26). The van der Waals surface area contributed by atoms with Crippen molar-refractivity contribution in [1.29, 1.82) is 0 Å². The van der Waals surface area contributed by atoms with Crippen LogP contribution in [0.2, 0.25) is 0 Å². The highest BCUT2D eigenvalue weighted by atomic mass is 32.2. The summed E-state index contributed by atoms with van der Waals surface area (Å²) in [6, 6.07) is 11.5. The quantitative estimate of drug-likeness (QED) is 0.650. The highest BCUT2D eigenvalue weighted by Crippen LogP contribution is 2.27. The molecule has 2 aromatic rings. The van der Waals surface area contributed by atoms with Crippen LogP contribution in [-0.4, -0.2) is 73.6 Å². The van der Waals surface area contributed by atoms with Gasteiger partial charge < -0.3 is 15.1 Å². The highest BCUT2D eigenvalue weighted by molar-refractivity contribution is 7.89. The van der Waals surface area contributed by atoms with Gasteiger partial charge in [-0.25, -0.2) is 8.42 Å². The van der Waals surface area contributed by atoms with E-state index in [4.69, 9.17) is 10.2 Å². The fraction of sp³-hybridized carbons (Fsp3) is 0.429. The third-order valence-electron chi connectivity index (χ3n) is 5.48. The monoisotopic (exact) mass is 448 g/mol. The molecular weight excluding hydrogens is 420 g/mol. The lowest BCUT2D eigenvalue weighted by atomic mass is 10.0. The second-order valence-corrected chi connectivity index (χ2v) is 9.12. The van der Waals surface area contributed by atoms with Crippen LogP contribution in [-0.2, 0) is 14.8 Å². The molecule has 3 rings (SSSR count). The highest BCUT2D eigenvalue weighted by Gasteiger charge is 2.36. The first kappa shape index (κ1) is 23.0. The molecule has 1 aliphatic rings. The third kappa shape index (κ3) is 4.81. The molecule has 2 amide bonds. The molecule has 1 saturated heterocycles. The third-order valence-corrected chi connectivity index (χ3v) is 7.25. The van der Waals surface area contributed by atoms with Gasteiger partial charge in [-0.05, 0) is 31.5 Å². The lowest BCUT2D eigenvalue weighted by Crippen LogP contribution is -2.52. The number of primary amides is 1. The molecule has 1 aromatic heterocycles. The number of nitrogens with zero attached hydrogens (tertiary/aromatic N) is 3. The van der Waals surface area contributed by atoms with E-state index in [0.29, 0.717) is 26.2 Å². The van der Waals surface area contributed by atoms with Crippen molar-refractivity contribution in [3.05, 3.63) is 53.8 Å². The maximum atomic E-state index is 13.3. The number of rotatable bonds is 8. The Labute approximate surface area is 182 Å². The van der Waals surface area contributed by atoms with Crippen molar-refractivity contribution >= 4 is 21.8 Å². The zero-order chi connectivity index (χ0) is 22.6.